The summed E-state index contributed by atoms with van der Waals surface area (Å²) >= 11 is 0. The van der Waals surface area contributed by atoms with E-state index in [1.807, 2.05) is 0 Å². The molecule has 0 saturated carbocycles. The van der Waals surface area contributed by atoms with E-state index in [-0.39, 0.29) is 43.1 Å². The molecular formula is C26H35F3N4O4. The van der Waals surface area contributed by atoms with Crippen molar-refractivity contribution in [1.29, 1.82) is 0 Å². The first kappa shape index (κ1) is 28.5. The molecular weight excluding hydrogens is 489 g/mol. The van der Waals surface area contributed by atoms with Gasteiger partial charge in [0.05, 0.1) is 13.0 Å². The van der Waals surface area contributed by atoms with Gasteiger partial charge in [-0.1, -0.05) is 0 Å². The fourth-order valence-corrected chi connectivity index (χ4v) is 4.00. The van der Waals surface area contributed by atoms with E-state index in [9.17, 15) is 22.8 Å². The number of nitrogens with zero attached hydrogens (tertiary/aromatic N) is 4. The van der Waals surface area contributed by atoms with Gasteiger partial charge in [-0.3, -0.25) is 19.2 Å². The number of esters is 1. The Morgan fingerprint density at radius 3 is 2.51 bits per heavy atom. The highest BCUT2D eigenvalue weighted by Crippen LogP contribution is 2.34. The normalized spacial score (nSPS) is 13.9. The number of carbonyl (C=O) groups excluding carboxylic acids is 2. The van der Waals surface area contributed by atoms with Gasteiger partial charge in [0.15, 0.2) is 5.69 Å². The predicted molar refractivity (Wildman–Crippen MR) is 132 cm³/mol. The van der Waals surface area contributed by atoms with Gasteiger partial charge in [-0.05, 0) is 71.8 Å². The molecule has 1 aliphatic rings. The quantitative estimate of drug-likeness (QED) is 0.446. The molecule has 0 N–H and O–H groups in total. The van der Waals surface area contributed by atoms with Crippen LogP contribution in [-0.4, -0.2) is 58.8 Å². The second kappa shape index (κ2) is 11.1. The van der Waals surface area contributed by atoms with Crippen LogP contribution in [0.25, 0.3) is 0 Å². The molecule has 204 valence electrons. The molecule has 0 bridgehead atoms. The highest BCUT2D eigenvalue weighted by atomic mass is 19.4. The molecule has 0 saturated heterocycles. The minimum absolute atomic E-state index is 0.0343. The van der Waals surface area contributed by atoms with Crippen LogP contribution >= 0.6 is 0 Å². The van der Waals surface area contributed by atoms with Crippen LogP contribution in [-0.2, 0) is 33.5 Å². The molecule has 2 aromatic rings. The second-order valence-electron chi connectivity index (χ2n) is 10.5. The summed E-state index contributed by atoms with van der Waals surface area (Å²) in [5.74, 6) is 0.00716. The van der Waals surface area contributed by atoms with Gasteiger partial charge in [0.25, 0.3) is 0 Å². The maximum Gasteiger partial charge on any atom is 0.435 e. The molecule has 0 spiro atoms. The van der Waals surface area contributed by atoms with E-state index in [1.54, 1.807) is 69.7 Å². The lowest BCUT2D eigenvalue weighted by molar-refractivity contribution is -0.155. The molecule has 37 heavy (non-hydrogen) atoms. The lowest BCUT2D eigenvalue weighted by Crippen LogP contribution is -2.39. The minimum Gasteiger partial charge on any atom is -0.489 e. The number of fused-ring (bicyclic) bond motifs is 1. The fraction of sp³-hybridized carbons (Fsp3) is 0.577. The van der Waals surface area contributed by atoms with E-state index in [2.05, 4.69) is 5.10 Å². The van der Waals surface area contributed by atoms with Crippen molar-refractivity contribution in [3.63, 3.8) is 0 Å². The molecule has 0 radical (unpaired) electrons. The summed E-state index contributed by atoms with van der Waals surface area (Å²) in [6.45, 7) is 9.68. The molecule has 1 aromatic heterocycles. The number of carbonyl (C=O) groups is 2. The second-order valence-corrected chi connectivity index (χ2v) is 10.5. The molecule has 8 nitrogen and oxygen atoms in total. The Balaban J connectivity index is 1.59. The fourth-order valence-electron chi connectivity index (χ4n) is 4.00. The number of hydrogen-bond donors (Lipinski definition) is 0. The third kappa shape index (κ3) is 7.70. The van der Waals surface area contributed by atoms with Crippen LogP contribution in [0.15, 0.2) is 24.4 Å². The third-order valence-electron chi connectivity index (χ3n) is 5.77. The highest BCUT2D eigenvalue weighted by Gasteiger charge is 2.37. The Morgan fingerprint density at radius 2 is 1.89 bits per heavy atom. The van der Waals surface area contributed by atoms with Crippen LogP contribution in [0.2, 0.25) is 0 Å². The summed E-state index contributed by atoms with van der Waals surface area (Å²) in [4.78, 5) is 28.3. The summed E-state index contributed by atoms with van der Waals surface area (Å²) in [6, 6.07) is 4.94. The van der Waals surface area contributed by atoms with Gasteiger partial charge in [-0.25, -0.2) is 0 Å². The number of alkyl halides is 3. The van der Waals surface area contributed by atoms with Gasteiger partial charge in [0, 0.05) is 36.6 Å². The van der Waals surface area contributed by atoms with Gasteiger partial charge >= 0.3 is 12.1 Å². The zero-order valence-electron chi connectivity index (χ0n) is 22.2. The monoisotopic (exact) mass is 524 g/mol. The van der Waals surface area contributed by atoms with E-state index >= 15 is 0 Å². The predicted octanol–water partition coefficient (Wildman–Crippen LogP) is 4.61. The largest absolute Gasteiger partial charge is 0.489 e. The number of benzene rings is 1. The van der Waals surface area contributed by atoms with E-state index in [0.717, 1.165) is 11.3 Å². The Bertz CT molecular complexity index is 1120. The lowest BCUT2D eigenvalue weighted by atomic mass is 10.1. The van der Waals surface area contributed by atoms with Crippen LogP contribution in [0.3, 0.4) is 0 Å². The van der Waals surface area contributed by atoms with Crippen molar-refractivity contribution >= 4 is 17.6 Å². The number of aromatic nitrogens is 2. The summed E-state index contributed by atoms with van der Waals surface area (Å²) in [5.41, 5.74) is 0.102. The molecule has 11 heteroatoms. The number of likely N-dealkylation sites (N-methyl/N-ethyl adjacent to an activating group) is 1. The first-order valence-electron chi connectivity index (χ1n) is 12.3. The number of hydrogen-bond acceptors (Lipinski definition) is 6. The van der Waals surface area contributed by atoms with E-state index in [4.69, 9.17) is 9.47 Å². The minimum atomic E-state index is -4.57. The number of ether oxygens (including phenoxy) is 2. The van der Waals surface area contributed by atoms with Crippen molar-refractivity contribution in [3.05, 3.63) is 41.2 Å². The molecule has 1 aliphatic heterocycles. The number of amides is 1. The van der Waals surface area contributed by atoms with Gasteiger partial charge in [-0.2, -0.15) is 18.3 Å². The number of halogens is 3. The van der Waals surface area contributed by atoms with Crippen LogP contribution in [0, 0.1) is 0 Å². The summed E-state index contributed by atoms with van der Waals surface area (Å²) in [5, 5.41) is 3.68. The molecule has 0 fully saturated rings. The molecule has 0 atom stereocenters. The SMILES string of the molecule is CC(C)n1cc(COc2ccc3c(c2)CCN3C(=O)CN(C)CCC(=O)OC(C)(C)C)c(C(F)(F)F)n1. The van der Waals surface area contributed by atoms with Crippen molar-refractivity contribution in [2.45, 2.75) is 71.9 Å². The Labute approximate surface area is 215 Å². The van der Waals surface area contributed by atoms with Crippen molar-refractivity contribution in [1.82, 2.24) is 14.7 Å². The van der Waals surface area contributed by atoms with Crippen molar-refractivity contribution in [2.24, 2.45) is 0 Å². The maximum atomic E-state index is 13.4. The maximum absolute atomic E-state index is 13.4. The summed E-state index contributed by atoms with van der Waals surface area (Å²) in [6.07, 6.45) is -2.41. The molecule has 0 aliphatic carbocycles. The van der Waals surface area contributed by atoms with Gasteiger partial charge < -0.3 is 14.4 Å². The van der Waals surface area contributed by atoms with Crippen LogP contribution in [0.1, 0.15) is 63.9 Å². The van der Waals surface area contributed by atoms with Crippen molar-refractivity contribution < 1.29 is 32.2 Å². The Kier molecular flexibility index (Phi) is 8.56. The van der Waals surface area contributed by atoms with Crippen LogP contribution < -0.4 is 9.64 Å². The van der Waals surface area contributed by atoms with Gasteiger partial charge in [0.2, 0.25) is 5.91 Å². The van der Waals surface area contributed by atoms with Gasteiger partial charge in [-0.15, -0.1) is 0 Å². The molecule has 2 heterocycles. The average Bonchev–Trinajstić information content (AvgIpc) is 3.39. The average molecular weight is 525 g/mol. The summed E-state index contributed by atoms with van der Waals surface area (Å²) < 4.78 is 52.5. The van der Waals surface area contributed by atoms with Gasteiger partial charge in [0.1, 0.15) is 18.0 Å². The topological polar surface area (TPSA) is 76.9 Å². The zero-order chi connectivity index (χ0) is 27.5. The van der Waals surface area contributed by atoms with Crippen LogP contribution in [0.5, 0.6) is 5.75 Å². The molecule has 3 rings (SSSR count). The standard InChI is InChI=1S/C26H35F3N4O4/c1-17(2)33-14-19(24(30-33)26(27,28)29)16-36-20-7-8-21-18(13-20)9-12-32(21)22(34)15-31(6)11-10-23(35)37-25(3,4)5/h7-8,13-14,17H,9-12,15-16H2,1-6H3. The first-order chi connectivity index (χ1) is 17.1. The van der Waals surface area contributed by atoms with Crippen LogP contribution in [0.4, 0.5) is 18.9 Å². The van der Waals surface area contributed by atoms with E-state index < -0.39 is 17.5 Å². The molecule has 1 aromatic carbocycles. The van der Waals surface area contributed by atoms with E-state index in [0.29, 0.717) is 25.3 Å². The Morgan fingerprint density at radius 1 is 1.19 bits per heavy atom. The third-order valence-corrected chi connectivity index (χ3v) is 5.77. The number of rotatable bonds is 9. The number of anilines is 1. The molecule has 1 amide bonds. The van der Waals surface area contributed by atoms with Crippen molar-refractivity contribution in [3.8, 4) is 5.75 Å². The van der Waals surface area contributed by atoms with Crippen molar-refractivity contribution in [2.75, 3.05) is 31.6 Å². The molecule has 0 unspecified atom stereocenters. The lowest BCUT2D eigenvalue weighted by Gasteiger charge is -2.23. The summed E-state index contributed by atoms with van der Waals surface area (Å²) in [7, 11) is 1.77. The highest BCUT2D eigenvalue weighted by molar-refractivity contribution is 5.96. The zero-order valence-corrected chi connectivity index (χ0v) is 22.2. The smallest absolute Gasteiger partial charge is 0.435 e. The Hall–Kier alpha value is -3.08. The van der Waals surface area contributed by atoms with E-state index in [1.165, 1.54) is 10.9 Å². The first-order valence-corrected chi connectivity index (χ1v) is 12.3.